The van der Waals surface area contributed by atoms with Crippen molar-refractivity contribution in [3.8, 4) is 0 Å². The standard InChI is InChI=1S/C11H19N3O2S/c1-3-16-9(5-12)4-11(15)13-6-10-8(2)14-7-17-10/h7,9H,3-6,12H2,1-2H3,(H,13,15). The van der Waals surface area contributed by atoms with E-state index < -0.39 is 0 Å². The molecule has 1 heterocycles. The van der Waals surface area contributed by atoms with E-state index in [4.69, 9.17) is 10.5 Å². The fourth-order valence-electron chi connectivity index (χ4n) is 1.40. The van der Waals surface area contributed by atoms with Gasteiger partial charge in [-0.3, -0.25) is 4.79 Å². The minimum absolute atomic E-state index is 0.0401. The molecule has 0 radical (unpaired) electrons. The van der Waals surface area contributed by atoms with Crippen LogP contribution >= 0.6 is 11.3 Å². The lowest BCUT2D eigenvalue weighted by atomic mass is 10.2. The molecule has 1 atom stereocenters. The van der Waals surface area contributed by atoms with Gasteiger partial charge >= 0.3 is 0 Å². The molecule has 17 heavy (non-hydrogen) atoms. The molecule has 0 aliphatic heterocycles. The van der Waals surface area contributed by atoms with Crippen molar-refractivity contribution in [1.29, 1.82) is 0 Å². The van der Waals surface area contributed by atoms with E-state index >= 15 is 0 Å². The van der Waals surface area contributed by atoms with Gasteiger partial charge in [-0.25, -0.2) is 4.98 Å². The van der Waals surface area contributed by atoms with Gasteiger partial charge in [0.15, 0.2) is 0 Å². The van der Waals surface area contributed by atoms with Gasteiger partial charge in [-0.2, -0.15) is 0 Å². The summed E-state index contributed by atoms with van der Waals surface area (Å²) in [5.41, 5.74) is 8.25. The van der Waals surface area contributed by atoms with Gasteiger partial charge < -0.3 is 15.8 Å². The Balaban J connectivity index is 2.32. The number of ether oxygens (including phenoxy) is 1. The second-order valence-electron chi connectivity index (χ2n) is 3.65. The van der Waals surface area contributed by atoms with Crippen LogP contribution in [0.2, 0.25) is 0 Å². The van der Waals surface area contributed by atoms with Crippen molar-refractivity contribution in [2.24, 2.45) is 5.73 Å². The lowest BCUT2D eigenvalue weighted by Gasteiger charge is -2.14. The third-order valence-corrected chi connectivity index (χ3v) is 3.30. The van der Waals surface area contributed by atoms with Crippen LogP contribution in [0, 0.1) is 6.92 Å². The Kier molecular flexibility index (Phi) is 6.10. The summed E-state index contributed by atoms with van der Waals surface area (Å²) in [4.78, 5) is 16.8. The maximum absolute atomic E-state index is 11.6. The first-order valence-electron chi connectivity index (χ1n) is 5.64. The average molecular weight is 257 g/mol. The number of hydrogen-bond donors (Lipinski definition) is 2. The largest absolute Gasteiger partial charge is 0.377 e. The van der Waals surface area contributed by atoms with Crippen molar-refractivity contribution in [2.75, 3.05) is 13.2 Å². The van der Waals surface area contributed by atoms with Gasteiger partial charge in [-0.05, 0) is 13.8 Å². The predicted molar refractivity (Wildman–Crippen MR) is 67.8 cm³/mol. The van der Waals surface area contributed by atoms with E-state index in [-0.39, 0.29) is 12.0 Å². The minimum Gasteiger partial charge on any atom is -0.377 e. The lowest BCUT2D eigenvalue weighted by Crippen LogP contribution is -2.32. The van der Waals surface area contributed by atoms with E-state index in [1.165, 1.54) is 0 Å². The molecular weight excluding hydrogens is 238 g/mol. The number of nitrogens with one attached hydrogen (secondary N) is 1. The summed E-state index contributed by atoms with van der Waals surface area (Å²) in [6, 6.07) is 0. The van der Waals surface area contributed by atoms with Crippen LogP contribution in [0.15, 0.2) is 5.51 Å². The highest BCUT2D eigenvalue weighted by atomic mass is 32.1. The zero-order valence-electron chi connectivity index (χ0n) is 10.2. The van der Waals surface area contributed by atoms with E-state index in [1.54, 1.807) is 16.8 Å². The summed E-state index contributed by atoms with van der Waals surface area (Å²) in [5.74, 6) is -0.0401. The van der Waals surface area contributed by atoms with Gasteiger partial charge in [0.2, 0.25) is 5.91 Å². The van der Waals surface area contributed by atoms with Crippen LogP contribution in [0.4, 0.5) is 0 Å². The summed E-state index contributed by atoms with van der Waals surface area (Å²) in [5, 5.41) is 2.85. The van der Waals surface area contributed by atoms with E-state index in [0.29, 0.717) is 26.1 Å². The fourth-order valence-corrected chi connectivity index (χ4v) is 2.12. The van der Waals surface area contributed by atoms with Crippen molar-refractivity contribution in [3.63, 3.8) is 0 Å². The molecule has 0 fully saturated rings. The van der Waals surface area contributed by atoms with Gasteiger partial charge in [0, 0.05) is 18.0 Å². The first-order valence-corrected chi connectivity index (χ1v) is 6.52. The van der Waals surface area contributed by atoms with E-state index in [2.05, 4.69) is 10.3 Å². The molecule has 1 amide bonds. The number of amides is 1. The molecule has 1 unspecified atom stereocenters. The van der Waals surface area contributed by atoms with Gasteiger partial charge in [0.1, 0.15) is 0 Å². The lowest BCUT2D eigenvalue weighted by molar-refractivity contribution is -0.123. The van der Waals surface area contributed by atoms with Crippen LogP contribution < -0.4 is 11.1 Å². The van der Waals surface area contributed by atoms with E-state index in [1.807, 2.05) is 13.8 Å². The Morgan fingerprint density at radius 2 is 2.47 bits per heavy atom. The highest BCUT2D eigenvalue weighted by Crippen LogP contribution is 2.11. The maximum Gasteiger partial charge on any atom is 0.222 e. The average Bonchev–Trinajstić information content (AvgIpc) is 2.71. The first-order chi connectivity index (χ1) is 8.17. The fraction of sp³-hybridized carbons (Fsp3) is 0.636. The summed E-state index contributed by atoms with van der Waals surface area (Å²) >= 11 is 1.54. The Morgan fingerprint density at radius 1 is 1.71 bits per heavy atom. The van der Waals surface area contributed by atoms with Crippen molar-refractivity contribution in [2.45, 2.75) is 32.9 Å². The van der Waals surface area contributed by atoms with E-state index in [0.717, 1.165) is 10.6 Å². The van der Waals surface area contributed by atoms with E-state index in [9.17, 15) is 4.79 Å². The molecule has 0 saturated carbocycles. The summed E-state index contributed by atoms with van der Waals surface area (Å²) in [6.07, 6.45) is 0.116. The molecule has 3 N–H and O–H groups in total. The van der Waals surface area contributed by atoms with Crippen LogP contribution in [0.25, 0.3) is 0 Å². The first kappa shape index (κ1) is 14.1. The molecule has 1 aromatic heterocycles. The molecule has 6 heteroatoms. The second-order valence-corrected chi connectivity index (χ2v) is 4.59. The number of carbonyl (C=O) groups is 1. The Bertz CT molecular complexity index is 354. The third-order valence-electron chi connectivity index (χ3n) is 2.37. The summed E-state index contributed by atoms with van der Waals surface area (Å²) in [6.45, 7) is 5.28. The molecule has 0 aromatic carbocycles. The van der Waals surface area contributed by atoms with Crippen LogP contribution in [0.5, 0.6) is 0 Å². The molecule has 0 spiro atoms. The van der Waals surface area contributed by atoms with Crippen LogP contribution in [0.3, 0.4) is 0 Å². The van der Waals surface area contributed by atoms with Crippen molar-refractivity contribution in [3.05, 3.63) is 16.1 Å². The Labute approximate surface area is 105 Å². The van der Waals surface area contributed by atoms with Gasteiger partial charge in [-0.15, -0.1) is 11.3 Å². The van der Waals surface area contributed by atoms with Crippen molar-refractivity contribution < 1.29 is 9.53 Å². The highest BCUT2D eigenvalue weighted by molar-refractivity contribution is 7.09. The number of carbonyl (C=O) groups excluding carboxylic acids is 1. The second kappa shape index (κ2) is 7.37. The number of rotatable bonds is 7. The predicted octanol–water partition coefficient (Wildman–Crippen LogP) is 0.822. The van der Waals surface area contributed by atoms with Crippen molar-refractivity contribution >= 4 is 17.2 Å². The zero-order chi connectivity index (χ0) is 12.7. The Morgan fingerprint density at radius 3 is 3.00 bits per heavy atom. The van der Waals surface area contributed by atoms with Crippen LogP contribution in [-0.4, -0.2) is 30.1 Å². The minimum atomic E-state index is -0.192. The topological polar surface area (TPSA) is 77.2 Å². The normalized spacial score (nSPS) is 12.4. The number of nitrogens with zero attached hydrogens (tertiary/aromatic N) is 1. The third kappa shape index (κ3) is 4.80. The van der Waals surface area contributed by atoms with Crippen molar-refractivity contribution in [1.82, 2.24) is 10.3 Å². The number of nitrogens with two attached hydrogens (primary N) is 1. The molecule has 1 aromatic rings. The molecule has 0 saturated heterocycles. The summed E-state index contributed by atoms with van der Waals surface area (Å²) in [7, 11) is 0. The van der Waals surface area contributed by atoms with Gasteiger partial charge in [-0.1, -0.05) is 0 Å². The zero-order valence-corrected chi connectivity index (χ0v) is 11.0. The Hall–Kier alpha value is -0.980. The SMILES string of the molecule is CCOC(CN)CC(=O)NCc1scnc1C. The van der Waals surface area contributed by atoms with Gasteiger partial charge in [0.05, 0.1) is 30.3 Å². The smallest absolute Gasteiger partial charge is 0.222 e. The highest BCUT2D eigenvalue weighted by Gasteiger charge is 2.12. The molecular formula is C11H19N3O2S. The monoisotopic (exact) mass is 257 g/mol. The molecule has 5 nitrogen and oxygen atoms in total. The quantitative estimate of drug-likeness (QED) is 0.758. The number of thiazole rings is 1. The summed E-state index contributed by atoms with van der Waals surface area (Å²) < 4.78 is 5.33. The molecule has 0 bridgehead atoms. The van der Waals surface area contributed by atoms with Crippen LogP contribution in [-0.2, 0) is 16.1 Å². The van der Waals surface area contributed by atoms with Gasteiger partial charge in [0.25, 0.3) is 0 Å². The van der Waals surface area contributed by atoms with Crippen LogP contribution in [0.1, 0.15) is 23.9 Å². The number of hydrogen-bond acceptors (Lipinski definition) is 5. The molecule has 1 rings (SSSR count). The number of aryl methyl sites for hydroxylation is 1. The number of aromatic nitrogens is 1. The molecule has 96 valence electrons. The molecule has 0 aliphatic carbocycles. The molecule has 0 aliphatic rings. The maximum atomic E-state index is 11.6.